The molecule has 0 aliphatic rings. The van der Waals surface area contributed by atoms with Crippen LogP contribution in [-0.4, -0.2) is 8.80 Å². The third-order valence-electron chi connectivity index (χ3n) is 4.64. The summed E-state index contributed by atoms with van der Waals surface area (Å²) < 4.78 is 0. The minimum absolute atomic E-state index is 0. The minimum Gasteiger partial charge on any atom is -0.344 e. The first kappa shape index (κ1) is 28.3. The molecule has 144 valence electrons. The van der Waals surface area contributed by atoms with Crippen LogP contribution in [0.3, 0.4) is 0 Å². The Labute approximate surface area is 156 Å². The van der Waals surface area contributed by atoms with E-state index in [4.69, 9.17) is 0 Å². The van der Waals surface area contributed by atoms with Gasteiger partial charge in [0.1, 0.15) is 0 Å². The molecule has 0 aromatic carbocycles. The highest BCUT2D eigenvalue weighted by atomic mass is 35.5. The Morgan fingerprint density at radius 2 is 0.739 bits per heavy atom. The number of rotatable bonds is 17. The largest absolute Gasteiger partial charge is 0.344 e. The summed E-state index contributed by atoms with van der Waals surface area (Å²) in [7, 11) is -0.263. The second-order valence-electron chi connectivity index (χ2n) is 7.49. The molecule has 0 saturated carbocycles. The number of halogens is 1. The van der Waals surface area contributed by atoms with Gasteiger partial charge in [0.15, 0.2) is 0 Å². The van der Waals surface area contributed by atoms with Gasteiger partial charge in [-0.25, -0.2) is 0 Å². The van der Waals surface area contributed by atoms with Crippen molar-refractivity contribution in [1.82, 2.24) is 6.15 Å². The fraction of sp³-hybridized carbons (Fsp3) is 1.00. The Morgan fingerprint density at radius 3 is 1.00 bits per heavy atom. The topological polar surface area (TPSA) is 35.0 Å². The normalized spacial score (nSPS) is 10.4. The Morgan fingerprint density at radius 1 is 0.478 bits per heavy atom. The molecule has 1 nitrogen and oxygen atoms in total. The van der Waals surface area contributed by atoms with Crippen molar-refractivity contribution >= 4 is 21.2 Å². The van der Waals surface area contributed by atoms with Crippen molar-refractivity contribution < 1.29 is 0 Å². The quantitative estimate of drug-likeness (QED) is 0.204. The third kappa shape index (κ3) is 27.6. The lowest BCUT2D eigenvalue weighted by molar-refractivity contribution is 0.531. The summed E-state index contributed by atoms with van der Waals surface area (Å²) in [4.78, 5) is 0. The van der Waals surface area contributed by atoms with Crippen LogP contribution in [0, 0.1) is 0 Å². The van der Waals surface area contributed by atoms with Crippen LogP contribution in [0.1, 0.15) is 110 Å². The van der Waals surface area contributed by atoms with Gasteiger partial charge in [-0.15, -0.1) is 12.4 Å². The van der Waals surface area contributed by atoms with Crippen molar-refractivity contribution in [3.05, 3.63) is 0 Å². The lowest BCUT2D eigenvalue weighted by Crippen LogP contribution is -1.97. The van der Waals surface area contributed by atoms with Gasteiger partial charge in [-0.2, -0.15) is 0 Å². The van der Waals surface area contributed by atoms with E-state index >= 15 is 0 Å². The predicted octanol–water partition coefficient (Wildman–Crippen LogP) is 8.32. The molecule has 0 rings (SSSR count). The van der Waals surface area contributed by atoms with E-state index in [9.17, 15) is 0 Å². The highest BCUT2D eigenvalue weighted by Gasteiger charge is 1.96. The molecule has 0 amide bonds. The molecule has 3 heteroatoms. The average molecular weight is 366 g/mol. The zero-order valence-corrected chi connectivity index (χ0v) is 18.7. The number of hydrogen-bond donors (Lipinski definition) is 1. The highest BCUT2D eigenvalue weighted by molar-refractivity contribution is 6.55. The van der Waals surface area contributed by atoms with E-state index in [0.717, 1.165) is 0 Å². The van der Waals surface area contributed by atoms with E-state index < -0.39 is 0 Å². The fourth-order valence-corrected chi connectivity index (χ4v) is 4.21. The summed E-state index contributed by atoms with van der Waals surface area (Å²) in [6.07, 6.45) is 23.7. The Hall–Kier alpha value is 0.467. The monoisotopic (exact) mass is 365 g/mol. The first-order valence-corrected chi connectivity index (χ1v) is 13.4. The standard InChI is InChI=1S/C20H44Si.ClH.H3N/c1-4-5-6-7-8-9-10-11-12-13-14-15-16-17-18-19-20-21(2)3;;/h21H,4-20H2,1-3H3;1H;1H3. The van der Waals surface area contributed by atoms with E-state index in [1.165, 1.54) is 103 Å². The van der Waals surface area contributed by atoms with Crippen LogP contribution in [-0.2, 0) is 0 Å². The summed E-state index contributed by atoms with van der Waals surface area (Å²) in [5.41, 5.74) is 0. The van der Waals surface area contributed by atoms with Crippen molar-refractivity contribution in [3.8, 4) is 0 Å². The predicted molar refractivity (Wildman–Crippen MR) is 116 cm³/mol. The van der Waals surface area contributed by atoms with Gasteiger partial charge in [0.25, 0.3) is 0 Å². The molecule has 0 bridgehead atoms. The second-order valence-corrected chi connectivity index (χ2v) is 10.9. The molecule has 23 heavy (non-hydrogen) atoms. The minimum atomic E-state index is -0.263. The SMILES string of the molecule is CCCCCCCCCCCCCCCCCC[SiH](C)C.Cl.N. The molecule has 0 aliphatic heterocycles. The molecule has 0 heterocycles. The third-order valence-corrected chi connectivity index (χ3v) is 6.20. The number of unbranched alkanes of at least 4 members (excludes halogenated alkanes) is 15. The Bertz CT molecular complexity index is 188. The molecule has 0 aromatic heterocycles. The maximum Gasteiger partial charge on any atom is 0.0305 e. The zero-order chi connectivity index (χ0) is 15.6. The fourth-order valence-electron chi connectivity index (χ4n) is 3.10. The number of hydrogen-bond acceptors (Lipinski definition) is 1. The van der Waals surface area contributed by atoms with Gasteiger partial charge in [0, 0.05) is 8.80 Å². The Kier molecular flexibility index (Phi) is 30.4. The van der Waals surface area contributed by atoms with Crippen LogP contribution in [0.4, 0.5) is 0 Å². The molecular formula is C20H48ClNSi. The summed E-state index contributed by atoms with van der Waals surface area (Å²) in [5, 5.41) is 0. The highest BCUT2D eigenvalue weighted by Crippen LogP contribution is 2.14. The summed E-state index contributed by atoms with van der Waals surface area (Å²) >= 11 is 0. The van der Waals surface area contributed by atoms with Crippen LogP contribution in [0.25, 0.3) is 0 Å². The molecule has 0 saturated heterocycles. The average Bonchev–Trinajstić information content (AvgIpc) is 2.46. The summed E-state index contributed by atoms with van der Waals surface area (Å²) in [5.74, 6) is 0. The van der Waals surface area contributed by atoms with E-state index in [1.807, 2.05) is 0 Å². The van der Waals surface area contributed by atoms with E-state index in [1.54, 1.807) is 6.04 Å². The van der Waals surface area contributed by atoms with Crippen LogP contribution >= 0.6 is 12.4 Å². The molecule has 0 atom stereocenters. The maximum atomic E-state index is 2.48. The van der Waals surface area contributed by atoms with Gasteiger partial charge >= 0.3 is 0 Å². The van der Waals surface area contributed by atoms with Crippen LogP contribution in [0.15, 0.2) is 0 Å². The van der Waals surface area contributed by atoms with Crippen molar-refractivity contribution in [2.75, 3.05) is 0 Å². The lowest BCUT2D eigenvalue weighted by atomic mass is 10.0. The van der Waals surface area contributed by atoms with E-state index in [0.29, 0.717) is 0 Å². The first-order valence-electron chi connectivity index (χ1n) is 10.3. The van der Waals surface area contributed by atoms with Crippen LogP contribution in [0.5, 0.6) is 0 Å². The van der Waals surface area contributed by atoms with Crippen molar-refractivity contribution in [2.45, 2.75) is 129 Å². The lowest BCUT2D eigenvalue weighted by Gasteiger charge is -2.04. The zero-order valence-electron chi connectivity index (χ0n) is 16.7. The van der Waals surface area contributed by atoms with Crippen LogP contribution < -0.4 is 6.15 Å². The van der Waals surface area contributed by atoms with Crippen molar-refractivity contribution in [1.29, 1.82) is 0 Å². The van der Waals surface area contributed by atoms with Gasteiger partial charge in [0.2, 0.25) is 0 Å². The van der Waals surface area contributed by atoms with Gasteiger partial charge < -0.3 is 6.15 Å². The molecule has 0 radical (unpaired) electrons. The Balaban J connectivity index is -0.00000200. The molecule has 0 spiro atoms. The van der Waals surface area contributed by atoms with E-state index in [-0.39, 0.29) is 27.4 Å². The first-order chi connectivity index (χ1) is 10.3. The molecule has 0 fully saturated rings. The smallest absolute Gasteiger partial charge is 0.0305 e. The second kappa shape index (κ2) is 24.7. The summed E-state index contributed by atoms with van der Waals surface area (Å²) in [6, 6.07) is 1.57. The van der Waals surface area contributed by atoms with Gasteiger partial charge in [-0.05, 0) is 0 Å². The molecular weight excluding hydrogens is 318 g/mol. The van der Waals surface area contributed by atoms with Crippen molar-refractivity contribution in [2.24, 2.45) is 0 Å². The molecule has 0 unspecified atom stereocenters. The molecule has 3 N–H and O–H groups in total. The van der Waals surface area contributed by atoms with Gasteiger partial charge in [-0.3, -0.25) is 0 Å². The molecule has 0 aliphatic carbocycles. The maximum absolute atomic E-state index is 2.48. The van der Waals surface area contributed by atoms with Crippen molar-refractivity contribution in [3.63, 3.8) is 0 Å². The summed E-state index contributed by atoms with van der Waals surface area (Å²) in [6.45, 7) is 7.25. The van der Waals surface area contributed by atoms with Gasteiger partial charge in [-0.1, -0.05) is 129 Å². The van der Waals surface area contributed by atoms with E-state index in [2.05, 4.69) is 20.0 Å². The molecule has 0 aromatic rings. The van der Waals surface area contributed by atoms with Gasteiger partial charge in [0.05, 0.1) is 0 Å². The van der Waals surface area contributed by atoms with Crippen LogP contribution in [0.2, 0.25) is 19.1 Å².